The average molecular weight is 318 g/mol. The van der Waals surface area contributed by atoms with Crippen LogP contribution in [0.25, 0.3) is 10.1 Å². The standard InChI is InChI=1S/C20H31NS/c1-2-3-4-5-6-7-8-9-10-13-16-21-19-17-22-20-15-12-11-14-18(19)20/h11-12,14-15,17,21H,2-10,13,16H2,1H3. The molecule has 0 spiro atoms. The second kappa shape index (κ2) is 10.7. The minimum absolute atomic E-state index is 1.11. The van der Waals surface area contributed by atoms with Gasteiger partial charge in [0.05, 0.1) is 5.69 Å². The summed E-state index contributed by atoms with van der Waals surface area (Å²) in [5, 5.41) is 7.23. The van der Waals surface area contributed by atoms with Crippen molar-refractivity contribution in [2.45, 2.75) is 71.1 Å². The van der Waals surface area contributed by atoms with Crippen molar-refractivity contribution in [2.24, 2.45) is 0 Å². The van der Waals surface area contributed by atoms with Crippen molar-refractivity contribution in [3.05, 3.63) is 29.6 Å². The van der Waals surface area contributed by atoms with Crippen molar-refractivity contribution in [1.82, 2.24) is 0 Å². The minimum Gasteiger partial charge on any atom is -0.384 e. The fourth-order valence-corrected chi connectivity index (χ4v) is 3.87. The van der Waals surface area contributed by atoms with Gasteiger partial charge in [0.1, 0.15) is 0 Å². The average Bonchev–Trinajstić information content (AvgIpc) is 2.96. The number of hydrogen-bond acceptors (Lipinski definition) is 2. The molecule has 0 fully saturated rings. The van der Waals surface area contributed by atoms with E-state index in [0.29, 0.717) is 0 Å². The molecule has 2 rings (SSSR count). The Bertz CT molecular complexity index is 517. The zero-order valence-corrected chi connectivity index (χ0v) is 14.9. The van der Waals surface area contributed by atoms with Gasteiger partial charge in [-0.2, -0.15) is 0 Å². The Morgan fingerprint density at radius 3 is 2.18 bits per heavy atom. The van der Waals surface area contributed by atoms with Crippen molar-refractivity contribution in [3.63, 3.8) is 0 Å². The fraction of sp³-hybridized carbons (Fsp3) is 0.600. The van der Waals surface area contributed by atoms with Gasteiger partial charge in [-0.1, -0.05) is 82.9 Å². The van der Waals surface area contributed by atoms with E-state index in [-0.39, 0.29) is 0 Å². The van der Waals surface area contributed by atoms with E-state index < -0.39 is 0 Å². The highest BCUT2D eigenvalue weighted by molar-refractivity contribution is 7.17. The predicted molar refractivity (Wildman–Crippen MR) is 102 cm³/mol. The molecule has 1 aromatic carbocycles. The molecule has 122 valence electrons. The number of benzene rings is 1. The minimum atomic E-state index is 1.11. The van der Waals surface area contributed by atoms with Crippen molar-refractivity contribution >= 4 is 27.1 Å². The van der Waals surface area contributed by atoms with E-state index in [9.17, 15) is 0 Å². The van der Waals surface area contributed by atoms with Crippen molar-refractivity contribution in [1.29, 1.82) is 0 Å². The Morgan fingerprint density at radius 1 is 0.818 bits per heavy atom. The first kappa shape index (κ1) is 17.3. The molecular weight excluding hydrogens is 286 g/mol. The van der Waals surface area contributed by atoms with Gasteiger partial charge in [0, 0.05) is 22.0 Å². The van der Waals surface area contributed by atoms with Crippen LogP contribution in [0.3, 0.4) is 0 Å². The Kier molecular flexibility index (Phi) is 8.40. The number of fused-ring (bicyclic) bond motifs is 1. The zero-order chi connectivity index (χ0) is 15.5. The Morgan fingerprint density at radius 2 is 1.45 bits per heavy atom. The van der Waals surface area contributed by atoms with Crippen LogP contribution in [0.1, 0.15) is 71.1 Å². The lowest BCUT2D eigenvalue weighted by Crippen LogP contribution is -2.00. The van der Waals surface area contributed by atoms with Gasteiger partial charge in [-0.25, -0.2) is 0 Å². The number of nitrogens with one attached hydrogen (secondary N) is 1. The Labute approximate surface area is 140 Å². The largest absolute Gasteiger partial charge is 0.384 e. The summed E-state index contributed by atoms with van der Waals surface area (Å²) in [6.45, 7) is 3.39. The highest BCUT2D eigenvalue weighted by atomic mass is 32.1. The Balaban J connectivity index is 1.48. The summed E-state index contributed by atoms with van der Waals surface area (Å²) in [5.41, 5.74) is 1.32. The van der Waals surface area contributed by atoms with Crippen LogP contribution in [-0.2, 0) is 0 Å². The molecule has 0 saturated heterocycles. The first-order valence-electron chi connectivity index (χ1n) is 9.12. The maximum Gasteiger partial charge on any atom is 0.0528 e. The molecule has 22 heavy (non-hydrogen) atoms. The molecule has 0 aliphatic heterocycles. The van der Waals surface area contributed by atoms with E-state index in [0.717, 1.165) is 6.54 Å². The first-order valence-corrected chi connectivity index (χ1v) is 10.00. The molecule has 0 bridgehead atoms. The summed E-state index contributed by atoms with van der Waals surface area (Å²) < 4.78 is 1.38. The van der Waals surface area contributed by atoms with Crippen LogP contribution < -0.4 is 5.32 Å². The monoisotopic (exact) mass is 317 g/mol. The molecule has 0 amide bonds. The van der Waals surface area contributed by atoms with Crippen LogP contribution in [0.2, 0.25) is 0 Å². The highest BCUT2D eigenvalue weighted by Crippen LogP contribution is 2.29. The molecule has 0 aliphatic carbocycles. The number of anilines is 1. The molecule has 0 saturated carbocycles. The lowest BCUT2D eigenvalue weighted by Gasteiger charge is -2.05. The smallest absolute Gasteiger partial charge is 0.0528 e. The summed E-state index contributed by atoms with van der Waals surface area (Å²) in [6, 6.07) is 8.66. The predicted octanol–water partition coefficient (Wildman–Crippen LogP) is 7.23. The molecule has 1 heterocycles. The zero-order valence-electron chi connectivity index (χ0n) is 14.1. The van der Waals surface area contributed by atoms with E-state index in [4.69, 9.17) is 0 Å². The van der Waals surface area contributed by atoms with Crippen molar-refractivity contribution in [2.75, 3.05) is 11.9 Å². The SMILES string of the molecule is CCCCCCCCCCCCNc1csc2ccccc12. The first-order chi connectivity index (χ1) is 10.9. The van der Waals surface area contributed by atoms with Crippen molar-refractivity contribution < 1.29 is 0 Å². The number of thiophene rings is 1. The number of hydrogen-bond donors (Lipinski definition) is 1. The van der Waals surface area contributed by atoms with Crippen molar-refractivity contribution in [3.8, 4) is 0 Å². The van der Waals surface area contributed by atoms with E-state index in [2.05, 4.69) is 41.9 Å². The molecule has 0 aliphatic rings. The molecule has 1 N–H and O–H groups in total. The quantitative estimate of drug-likeness (QED) is 0.407. The number of unbranched alkanes of at least 4 members (excludes halogenated alkanes) is 9. The van der Waals surface area contributed by atoms with E-state index in [1.807, 2.05) is 11.3 Å². The van der Waals surface area contributed by atoms with Crippen LogP contribution in [0.15, 0.2) is 29.6 Å². The van der Waals surface area contributed by atoms with Crippen LogP contribution in [0.4, 0.5) is 5.69 Å². The van der Waals surface area contributed by atoms with Gasteiger partial charge in [0.25, 0.3) is 0 Å². The summed E-state index contributed by atoms with van der Waals surface area (Å²) in [6.07, 6.45) is 14.0. The van der Waals surface area contributed by atoms with Crippen LogP contribution >= 0.6 is 11.3 Å². The third-order valence-corrected chi connectivity index (χ3v) is 5.29. The van der Waals surface area contributed by atoms with Gasteiger partial charge in [-0.3, -0.25) is 0 Å². The molecule has 0 atom stereocenters. The fourth-order valence-electron chi connectivity index (χ4n) is 2.95. The molecule has 0 radical (unpaired) electrons. The summed E-state index contributed by atoms with van der Waals surface area (Å²) in [4.78, 5) is 0. The molecule has 2 aromatic rings. The molecule has 1 nitrogen and oxygen atoms in total. The molecule has 2 heteroatoms. The van der Waals surface area contributed by atoms with E-state index in [1.165, 1.54) is 80.0 Å². The second-order valence-corrected chi connectivity index (χ2v) is 7.17. The highest BCUT2D eigenvalue weighted by Gasteiger charge is 2.01. The second-order valence-electron chi connectivity index (χ2n) is 6.25. The molecule has 0 unspecified atom stereocenters. The maximum absolute atomic E-state index is 3.60. The van der Waals surface area contributed by atoms with Crippen LogP contribution in [0.5, 0.6) is 0 Å². The topological polar surface area (TPSA) is 12.0 Å². The third kappa shape index (κ3) is 6.00. The maximum atomic E-state index is 3.60. The lowest BCUT2D eigenvalue weighted by molar-refractivity contribution is 0.560. The number of rotatable bonds is 12. The van der Waals surface area contributed by atoms with Crippen LogP contribution in [0, 0.1) is 0 Å². The normalized spacial score (nSPS) is 11.1. The molecular formula is C20H31NS. The summed E-state index contributed by atoms with van der Waals surface area (Å²) >= 11 is 1.83. The molecule has 1 aromatic heterocycles. The van der Waals surface area contributed by atoms with Gasteiger partial charge in [0.2, 0.25) is 0 Å². The van der Waals surface area contributed by atoms with Crippen LogP contribution in [-0.4, -0.2) is 6.54 Å². The van der Waals surface area contributed by atoms with Gasteiger partial charge in [0.15, 0.2) is 0 Å². The van der Waals surface area contributed by atoms with Gasteiger partial charge in [-0.15, -0.1) is 11.3 Å². The summed E-state index contributed by atoms with van der Waals surface area (Å²) in [5.74, 6) is 0. The van der Waals surface area contributed by atoms with Gasteiger partial charge >= 0.3 is 0 Å². The van der Waals surface area contributed by atoms with E-state index in [1.54, 1.807) is 0 Å². The Hall–Kier alpha value is -1.02. The van der Waals surface area contributed by atoms with Gasteiger partial charge in [-0.05, 0) is 12.5 Å². The third-order valence-electron chi connectivity index (χ3n) is 4.33. The van der Waals surface area contributed by atoms with E-state index >= 15 is 0 Å². The summed E-state index contributed by atoms with van der Waals surface area (Å²) in [7, 11) is 0. The lowest BCUT2D eigenvalue weighted by atomic mass is 10.1. The van der Waals surface area contributed by atoms with Gasteiger partial charge < -0.3 is 5.32 Å².